The van der Waals surface area contributed by atoms with Crippen LogP contribution >= 0.6 is 15.6 Å². The molecule has 0 heterocycles. The van der Waals surface area contributed by atoms with Gasteiger partial charge in [0, 0.05) is 25.7 Å². The van der Waals surface area contributed by atoms with E-state index >= 15 is 0 Å². The molecule has 95 heavy (non-hydrogen) atoms. The van der Waals surface area contributed by atoms with E-state index in [2.05, 4.69) is 48.5 Å². The van der Waals surface area contributed by atoms with Crippen LogP contribution < -0.4 is 0 Å². The van der Waals surface area contributed by atoms with Crippen molar-refractivity contribution in [1.29, 1.82) is 0 Å². The number of hydrogen-bond acceptors (Lipinski definition) is 15. The second-order valence-corrected chi connectivity index (χ2v) is 31.5. The third-order valence-electron chi connectivity index (χ3n) is 18.0. The lowest BCUT2D eigenvalue weighted by molar-refractivity contribution is -0.161. The number of hydrogen-bond donors (Lipinski definition) is 3. The summed E-state index contributed by atoms with van der Waals surface area (Å²) in [5, 5.41) is 10.6. The van der Waals surface area contributed by atoms with E-state index in [1.165, 1.54) is 199 Å². The summed E-state index contributed by atoms with van der Waals surface area (Å²) in [5.41, 5.74) is 0. The van der Waals surface area contributed by atoms with Crippen LogP contribution in [-0.4, -0.2) is 96.7 Å². The van der Waals surface area contributed by atoms with Gasteiger partial charge < -0.3 is 33.8 Å². The Hall–Kier alpha value is -1.94. The molecule has 0 aromatic carbocycles. The van der Waals surface area contributed by atoms with Crippen molar-refractivity contribution in [2.45, 2.75) is 407 Å². The quantitative estimate of drug-likeness (QED) is 0.0222. The first-order chi connectivity index (χ1) is 45.8. The predicted octanol–water partition coefficient (Wildman–Crippen LogP) is 22.2. The highest BCUT2D eigenvalue weighted by molar-refractivity contribution is 7.47. The smallest absolute Gasteiger partial charge is 0.462 e. The van der Waals surface area contributed by atoms with Crippen molar-refractivity contribution in [1.82, 2.24) is 0 Å². The van der Waals surface area contributed by atoms with E-state index in [0.29, 0.717) is 25.7 Å². The highest BCUT2D eigenvalue weighted by Gasteiger charge is 2.30. The zero-order chi connectivity index (χ0) is 70.1. The molecule has 0 saturated carbocycles. The van der Waals surface area contributed by atoms with E-state index in [1.807, 2.05) is 0 Å². The Kier molecular flexibility index (Phi) is 65.2. The number of phosphoric acid groups is 2. The third kappa shape index (κ3) is 69.0. The van der Waals surface area contributed by atoms with E-state index in [0.717, 1.165) is 108 Å². The van der Waals surface area contributed by atoms with Gasteiger partial charge in [-0.25, -0.2) is 9.13 Å². The number of aliphatic hydroxyl groups is 1. The Morgan fingerprint density at radius 1 is 0.305 bits per heavy atom. The summed E-state index contributed by atoms with van der Waals surface area (Å²) < 4.78 is 68.5. The molecule has 0 rings (SSSR count). The number of esters is 4. The van der Waals surface area contributed by atoms with Gasteiger partial charge in [-0.05, 0) is 43.4 Å². The number of carbonyl (C=O) groups excluding carboxylic acids is 4. The molecular weight excluding hydrogens is 1250 g/mol. The SMILES string of the molecule is CCCCCCCCCCCCCCCCCCCCC(=O)O[C@H](COC(=O)CCCCCCCCCCCCC(C)CC)COP(=O)(O)OC[C@@H](O)COP(=O)(O)OC[C@@H](COC(=O)CCCCCCCCCCC(C)C)OC(=O)CCCCCCCCCCCC(C)C. The van der Waals surface area contributed by atoms with Gasteiger partial charge in [0.05, 0.1) is 26.4 Å². The second-order valence-electron chi connectivity index (χ2n) is 28.6. The number of rotatable bonds is 74. The zero-order valence-corrected chi connectivity index (χ0v) is 63.9. The minimum atomic E-state index is -4.96. The Bertz CT molecular complexity index is 1850. The van der Waals surface area contributed by atoms with Crippen LogP contribution in [0.4, 0.5) is 0 Å². The zero-order valence-electron chi connectivity index (χ0n) is 62.1. The summed E-state index contributed by atoms with van der Waals surface area (Å²) in [6.07, 6.45) is 52.7. The largest absolute Gasteiger partial charge is 0.472 e. The molecule has 0 aliphatic rings. The van der Waals surface area contributed by atoms with Crippen molar-refractivity contribution in [3.8, 4) is 0 Å². The maximum absolute atomic E-state index is 13.1. The summed E-state index contributed by atoms with van der Waals surface area (Å²) in [6.45, 7) is 11.9. The Labute approximate surface area is 581 Å². The van der Waals surface area contributed by atoms with Crippen molar-refractivity contribution >= 4 is 39.5 Å². The van der Waals surface area contributed by atoms with E-state index in [-0.39, 0.29) is 25.7 Å². The van der Waals surface area contributed by atoms with Gasteiger partial charge in [-0.15, -0.1) is 0 Å². The fourth-order valence-electron chi connectivity index (χ4n) is 11.6. The molecule has 0 aliphatic heterocycles. The maximum atomic E-state index is 13.1. The van der Waals surface area contributed by atoms with Crippen LogP contribution in [0, 0.1) is 17.8 Å². The van der Waals surface area contributed by atoms with Gasteiger partial charge in [0.15, 0.2) is 12.2 Å². The lowest BCUT2D eigenvalue weighted by Crippen LogP contribution is -2.30. The van der Waals surface area contributed by atoms with Crippen LogP contribution in [0.3, 0.4) is 0 Å². The monoisotopic (exact) mass is 1400 g/mol. The molecule has 0 spiro atoms. The first-order valence-corrected chi connectivity index (χ1v) is 42.4. The van der Waals surface area contributed by atoms with Crippen molar-refractivity contribution in [3.05, 3.63) is 0 Å². The van der Waals surface area contributed by atoms with Gasteiger partial charge in [-0.2, -0.15) is 0 Å². The van der Waals surface area contributed by atoms with Crippen LogP contribution in [0.15, 0.2) is 0 Å². The molecule has 0 fully saturated rings. The average Bonchev–Trinajstić information content (AvgIpc) is 2.41. The molecule has 19 heteroatoms. The van der Waals surface area contributed by atoms with Crippen LogP contribution in [0.1, 0.15) is 389 Å². The van der Waals surface area contributed by atoms with E-state index in [1.54, 1.807) is 0 Å². The van der Waals surface area contributed by atoms with Crippen LogP contribution in [0.25, 0.3) is 0 Å². The van der Waals surface area contributed by atoms with Crippen molar-refractivity contribution in [2.24, 2.45) is 17.8 Å². The molecule has 564 valence electrons. The molecule has 17 nitrogen and oxygen atoms in total. The fraction of sp³-hybridized carbons (Fsp3) is 0.947. The number of unbranched alkanes of at least 4 members (excludes halogenated alkanes) is 41. The third-order valence-corrected chi connectivity index (χ3v) is 19.9. The number of phosphoric ester groups is 2. The molecule has 0 saturated heterocycles. The summed E-state index contributed by atoms with van der Waals surface area (Å²) >= 11 is 0. The predicted molar refractivity (Wildman–Crippen MR) is 386 cm³/mol. The standard InChI is InChI=1S/C76H148O17P2/c1-8-10-11-12-13-14-15-16-17-18-19-20-21-22-29-38-45-52-59-75(80)92-71(63-86-73(78)57-50-43-36-28-24-23-27-35-42-49-56-69(7)9-2)65-90-94(82,83)88-61-70(77)62-89-95(84,85)91-66-72(64-87-74(79)58-51-44-37-32-31-34-41-48-55-68(5)6)93-76(81)60-53-46-39-30-25-26-33-40-47-54-67(3)4/h67-72,77H,8-66H2,1-7H3,(H,82,83)(H,84,85)/t69?,70-,71-,72-/m1/s1. The van der Waals surface area contributed by atoms with Gasteiger partial charge in [-0.1, -0.05) is 337 Å². The van der Waals surface area contributed by atoms with E-state index in [4.69, 9.17) is 37.0 Å². The lowest BCUT2D eigenvalue weighted by Gasteiger charge is -2.21. The minimum Gasteiger partial charge on any atom is -0.462 e. The Morgan fingerprint density at radius 3 is 0.800 bits per heavy atom. The molecule has 0 aliphatic carbocycles. The van der Waals surface area contributed by atoms with Crippen molar-refractivity contribution in [2.75, 3.05) is 39.6 Å². The van der Waals surface area contributed by atoms with Gasteiger partial charge in [-0.3, -0.25) is 37.3 Å². The molecule has 0 radical (unpaired) electrons. The lowest BCUT2D eigenvalue weighted by atomic mass is 9.99. The second kappa shape index (κ2) is 66.6. The number of ether oxygens (including phenoxy) is 4. The molecular formula is C76H148O17P2. The summed E-state index contributed by atoms with van der Waals surface area (Å²) in [6, 6.07) is 0. The topological polar surface area (TPSA) is 237 Å². The van der Waals surface area contributed by atoms with Gasteiger partial charge in [0.1, 0.15) is 19.3 Å². The summed E-state index contributed by atoms with van der Waals surface area (Å²) in [5.74, 6) is 0.154. The molecule has 0 amide bonds. The molecule has 3 unspecified atom stereocenters. The Balaban J connectivity index is 5.25. The van der Waals surface area contributed by atoms with Gasteiger partial charge >= 0.3 is 39.5 Å². The highest BCUT2D eigenvalue weighted by atomic mass is 31.2. The first-order valence-electron chi connectivity index (χ1n) is 39.4. The first kappa shape index (κ1) is 93.1. The van der Waals surface area contributed by atoms with Gasteiger partial charge in [0.2, 0.25) is 0 Å². The van der Waals surface area contributed by atoms with Gasteiger partial charge in [0.25, 0.3) is 0 Å². The average molecular weight is 1400 g/mol. The Morgan fingerprint density at radius 2 is 0.537 bits per heavy atom. The van der Waals surface area contributed by atoms with Crippen LogP contribution in [0.5, 0.6) is 0 Å². The fourth-order valence-corrected chi connectivity index (χ4v) is 13.1. The van der Waals surface area contributed by atoms with Crippen molar-refractivity contribution in [3.63, 3.8) is 0 Å². The molecule has 0 aromatic heterocycles. The number of carbonyl (C=O) groups is 4. The molecule has 0 bridgehead atoms. The molecule has 6 atom stereocenters. The molecule has 3 N–H and O–H groups in total. The van der Waals surface area contributed by atoms with E-state index in [9.17, 15) is 43.2 Å². The van der Waals surface area contributed by atoms with E-state index < -0.39 is 97.5 Å². The summed E-state index contributed by atoms with van der Waals surface area (Å²) in [4.78, 5) is 72.8. The minimum absolute atomic E-state index is 0.105. The normalized spacial score (nSPS) is 14.4. The maximum Gasteiger partial charge on any atom is 0.472 e. The van der Waals surface area contributed by atoms with Crippen LogP contribution in [0.2, 0.25) is 0 Å². The van der Waals surface area contributed by atoms with Crippen LogP contribution in [-0.2, 0) is 65.4 Å². The summed E-state index contributed by atoms with van der Waals surface area (Å²) in [7, 11) is -9.91. The molecule has 0 aromatic rings. The highest BCUT2D eigenvalue weighted by Crippen LogP contribution is 2.45. The number of aliphatic hydroxyl groups excluding tert-OH is 1. The van der Waals surface area contributed by atoms with Crippen molar-refractivity contribution < 1.29 is 80.2 Å².